The summed E-state index contributed by atoms with van der Waals surface area (Å²) in [5, 5.41) is 10.3. The van der Waals surface area contributed by atoms with Crippen LogP contribution in [-0.2, 0) is 9.36 Å². The van der Waals surface area contributed by atoms with Gasteiger partial charge in [-0.3, -0.25) is 4.79 Å². The van der Waals surface area contributed by atoms with Gasteiger partial charge in [0.25, 0.3) is 0 Å². The number of carbonyl (C=O) groups is 1. The summed E-state index contributed by atoms with van der Waals surface area (Å²) in [7, 11) is -3.05. The molecule has 0 aromatic rings. The van der Waals surface area contributed by atoms with E-state index in [9.17, 15) is 4.79 Å². The van der Waals surface area contributed by atoms with Crippen LogP contribution in [0.5, 0.6) is 0 Å². The van der Waals surface area contributed by atoms with Crippen molar-refractivity contribution < 1.29 is 29.1 Å². The molecule has 0 bridgehead atoms. The molecule has 0 rings (SSSR count). The summed E-state index contributed by atoms with van der Waals surface area (Å²) in [6.45, 7) is 0.0417. The van der Waals surface area contributed by atoms with E-state index in [4.69, 9.17) is 24.4 Å². The van der Waals surface area contributed by atoms with E-state index in [-0.39, 0.29) is 6.54 Å². The molecule has 11 heavy (non-hydrogen) atoms. The van der Waals surface area contributed by atoms with Crippen LogP contribution in [0.15, 0.2) is 0 Å². The van der Waals surface area contributed by atoms with Gasteiger partial charge in [0.15, 0.2) is 0 Å². The number of aliphatic carboxylic acids is 1. The summed E-state index contributed by atoms with van der Waals surface area (Å²) < 4.78 is 8.88. The largest absolute Gasteiger partial charge is 0.480 e. The second-order valence-electron chi connectivity index (χ2n) is 1.44. The molecule has 0 aromatic carbocycles. The van der Waals surface area contributed by atoms with Crippen molar-refractivity contribution in [2.24, 2.45) is 0 Å². The molecule has 0 aromatic heterocycles. The van der Waals surface area contributed by atoms with Gasteiger partial charge in [-0.2, -0.15) is 0 Å². The molecule has 0 heterocycles. The van der Waals surface area contributed by atoms with Crippen LogP contribution >= 0.6 is 7.82 Å². The molecule has 0 fully saturated rings. The number of nitrogens with one attached hydrogen (secondary N) is 1. The first kappa shape index (κ1) is 13.2. The Labute approximate surface area is 62.9 Å². The minimum Gasteiger partial charge on any atom is -0.480 e. The lowest BCUT2D eigenvalue weighted by molar-refractivity contribution is -0.135. The fraction of sp³-hybridized carbons (Fsp3) is 0.667. The van der Waals surface area contributed by atoms with Crippen LogP contribution in [0.4, 0.5) is 0 Å². The molecule has 0 spiro atoms. The molecule has 0 atom stereocenters. The Morgan fingerprint density at radius 2 is 1.73 bits per heavy atom. The van der Waals surface area contributed by atoms with E-state index in [1.54, 1.807) is 7.05 Å². The molecule has 0 aliphatic carbocycles. The zero-order valence-electron chi connectivity index (χ0n) is 5.76. The molecule has 8 heteroatoms. The van der Waals surface area contributed by atoms with Crippen LogP contribution in [0.1, 0.15) is 0 Å². The van der Waals surface area contributed by atoms with Crippen molar-refractivity contribution in [3.8, 4) is 0 Å². The highest BCUT2D eigenvalue weighted by atomic mass is 31.2. The summed E-state index contributed by atoms with van der Waals surface area (Å²) in [5.41, 5.74) is 0. The molecule has 68 valence electrons. The molecular weight excluding hydrogens is 177 g/mol. The molecule has 0 unspecified atom stereocenters. The maximum Gasteiger partial charge on any atom is 0.466 e. The summed E-state index contributed by atoms with van der Waals surface area (Å²) in [4.78, 5) is 31.1. The first-order chi connectivity index (χ1) is 4.77. The number of hydrogen-bond donors (Lipinski definition) is 5. The Balaban J connectivity index is 0. The predicted molar refractivity (Wildman–Crippen MR) is 35.8 cm³/mol. The van der Waals surface area contributed by atoms with Gasteiger partial charge in [-0.1, -0.05) is 0 Å². The zero-order valence-corrected chi connectivity index (χ0v) is 6.65. The van der Waals surface area contributed by atoms with Gasteiger partial charge in [0.1, 0.15) is 0 Å². The molecule has 0 aliphatic rings. The van der Waals surface area contributed by atoms with E-state index in [0.717, 1.165) is 0 Å². The lowest BCUT2D eigenvalue weighted by Gasteiger charge is -1.84. The first-order valence-electron chi connectivity index (χ1n) is 2.42. The molecule has 0 aliphatic heterocycles. The van der Waals surface area contributed by atoms with Crippen LogP contribution in [0.2, 0.25) is 0 Å². The topological polar surface area (TPSA) is 127 Å². The van der Waals surface area contributed by atoms with Crippen molar-refractivity contribution in [1.82, 2.24) is 5.32 Å². The molecule has 0 amide bonds. The molecular formula is C3H10NO6P. The molecule has 0 saturated heterocycles. The van der Waals surface area contributed by atoms with Gasteiger partial charge in [-0.05, 0) is 7.05 Å². The van der Waals surface area contributed by atoms with Crippen molar-refractivity contribution in [3.63, 3.8) is 0 Å². The highest BCUT2D eigenvalue weighted by Gasteiger charge is 2.00. The van der Waals surface area contributed by atoms with E-state index in [0.29, 0.717) is 0 Å². The van der Waals surface area contributed by atoms with Gasteiger partial charge in [-0.25, -0.2) is 4.57 Å². The van der Waals surface area contributed by atoms with Crippen molar-refractivity contribution in [3.05, 3.63) is 0 Å². The zero-order chi connectivity index (χ0) is 9.49. The Bertz CT molecular complexity index is 144. The van der Waals surface area contributed by atoms with Gasteiger partial charge < -0.3 is 25.1 Å². The Morgan fingerprint density at radius 1 is 1.45 bits per heavy atom. The maximum absolute atomic E-state index is 9.54. The average molecular weight is 187 g/mol. The summed E-state index contributed by atoms with van der Waals surface area (Å²) in [6, 6.07) is 0. The van der Waals surface area contributed by atoms with Crippen molar-refractivity contribution >= 4 is 13.8 Å². The average Bonchev–Trinajstić information content (AvgIpc) is 1.58. The predicted octanol–water partition coefficient (Wildman–Crippen LogP) is -1.64. The van der Waals surface area contributed by atoms with Crippen LogP contribution in [-0.4, -0.2) is 39.3 Å². The van der Waals surface area contributed by atoms with E-state index in [2.05, 4.69) is 5.32 Å². The highest BCUT2D eigenvalue weighted by Crippen LogP contribution is 2.25. The lowest BCUT2D eigenvalue weighted by Crippen LogP contribution is -2.16. The van der Waals surface area contributed by atoms with E-state index >= 15 is 0 Å². The quantitative estimate of drug-likeness (QED) is 0.328. The second-order valence-corrected chi connectivity index (χ2v) is 2.46. The highest BCUT2D eigenvalue weighted by molar-refractivity contribution is 7.45. The third-order valence-corrected chi connectivity index (χ3v) is 0.328. The lowest BCUT2D eigenvalue weighted by atomic mass is 10.7. The third-order valence-electron chi connectivity index (χ3n) is 0.328. The SMILES string of the molecule is CNCC(=O)O.O=P(O)(O)O. The normalized spacial score (nSPS) is 9.82. The van der Waals surface area contributed by atoms with Crippen molar-refractivity contribution in [2.45, 2.75) is 0 Å². The van der Waals surface area contributed by atoms with Gasteiger partial charge in [0, 0.05) is 0 Å². The summed E-state index contributed by atoms with van der Waals surface area (Å²) >= 11 is 0. The smallest absolute Gasteiger partial charge is 0.466 e. The Hall–Kier alpha value is -0.460. The van der Waals surface area contributed by atoms with Crippen molar-refractivity contribution in [1.29, 1.82) is 0 Å². The summed E-state index contributed by atoms with van der Waals surface area (Å²) in [6.07, 6.45) is 0. The van der Waals surface area contributed by atoms with Gasteiger partial charge in [0.2, 0.25) is 0 Å². The van der Waals surface area contributed by atoms with Gasteiger partial charge in [0.05, 0.1) is 6.54 Å². The van der Waals surface area contributed by atoms with Crippen LogP contribution in [0.3, 0.4) is 0 Å². The Kier molecular flexibility index (Phi) is 7.49. The van der Waals surface area contributed by atoms with Gasteiger partial charge in [-0.15, -0.1) is 0 Å². The molecule has 7 nitrogen and oxygen atoms in total. The minimum atomic E-state index is -4.64. The molecule has 5 N–H and O–H groups in total. The third kappa shape index (κ3) is 84.1. The molecule has 0 saturated carbocycles. The fourth-order valence-electron chi connectivity index (χ4n) is 0.151. The number of hydrogen-bond acceptors (Lipinski definition) is 3. The first-order valence-corrected chi connectivity index (χ1v) is 3.98. The maximum atomic E-state index is 9.54. The van der Waals surface area contributed by atoms with Crippen LogP contribution in [0, 0.1) is 0 Å². The summed E-state index contributed by atoms with van der Waals surface area (Å²) in [5.74, 6) is -0.822. The van der Waals surface area contributed by atoms with E-state index in [1.165, 1.54) is 0 Å². The number of likely N-dealkylation sites (N-methyl/N-ethyl adjacent to an activating group) is 1. The minimum absolute atomic E-state index is 0.0417. The fourth-order valence-corrected chi connectivity index (χ4v) is 0.151. The number of carboxylic acids is 1. The van der Waals surface area contributed by atoms with Gasteiger partial charge >= 0.3 is 13.8 Å². The van der Waals surface area contributed by atoms with Crippen LogP contribution < -0.4 is 5.32 Å². The van der Waals surface area contributed by atoms with E-state index in [1.807, 2.05) is 0 Å². The second kappa shape index (κ2) is 6.26. The molecule has 0 radical (unpaired) electrons. The standard InChI is InChI=1S/C3H7NO2.H3O4P/c1-4-2-3(5)6;1-5(2,3)4/h4H,2H2,1H3,(H,5,6);(H3,1,2,3,4). The monoisotopic (exact) mass is 187 g/mol. The number of carboxylic acid groups (broad SMARTS) is 1. The van der Waals surface area contributed by atoms with Crippen molar-refractivity contribution in [2.75, 3.05) is 13.6 Å². The van der Waals surface area contributed by atoms with E-state index < -0.39 is 13.8 Å². The number of phosphoric acid groups is 1. The number of rotatable bonds is 2. The Morgan fingerprint density at radius 3 is 1.73 bits per heavy atom. The van der Waals surface area contributed by atoms with Crippen LogP contribution in [0.25, 0.3) is 0 Å².